The Morgan fingerprint density at radius 1 is 1.29 bits per heavy atom. The van der Waals surface area contributed by atoms with Gasteiger partial charge in [-0.05, 0) is 31.5 Å². The summed E-state index contributed by atoms with van der Waals surface area (Å²) in [6, 6.07) is 5.26. The first-order valence-corrected chi connectivity index (χ1v) is 7.36. The van der Waals surface area contributed by atoms with Crippen LogP contribution in [0, 0.1) is 19.3 Å². The van der Waals surface area contributed by atoms with Crippen molar-refractivity contribution in [1.29, 1.82) is 5.41 Å². The maximum Gasteiger partial charge on any atom is 0.139 e. The molecule has 108 valence electrons. The molecule has 5 nitrogen and oxygen atoms in total. The molecule has 6 heteroatoms. The van der Waals surface area contributed by atoms with Crippen molar-refractivity contribution in [2.24, 2.45) is 0 Å². The number of aryl methyl sites for hydroxylation is 2. The molecular formula is C15H15N3O2S. The summed E-state index contributed by atoms with van der Waals surface area (Å²) in [6.07, 6.45) is 0. The molecule has 2 heterocycles. The van der Waals surface area contributed by atoms with Gasteiger partial charge in [-0.2, -0.15) is 0 Å². The molecule has 2 aromatic rings. The lowest BCUT2D eigenvalue weighted by Crippen LogP contribution is -2.26. The molecule has 0 amide bonds. The highest BCUT2D eigenvalue weighted by molar-refractivity contribution is 7.11. The Morgan fingerprint density at radius 3 is 2.67 bits per heavy atom. The largest absolute Gasteiger partial charge is 0.510 e. The van der Waals surface area contributed by atoms with Crippen LogP contribution in [0.1, 0.15) is 16.3 Å². The predicted molar refractivity (Wildman–Crippen MR) is 84.3 cm³/mol. The number of thiazole rings is 1. The van der Waals surface area contributed by atoms with Crippen molar-refractivity contribution in [2.45, 2.75) is 13.8 Å². The molecule has 0 radical (unpaired) electrons. The number of aliphatic hydroxyl groups is 1. The number of aromatic hydroxyl groups is 1. The number of rotatable bonds is 2. The molecule has 21 heavy (non-hydrogen) atoms. The number of aliphatic hydroxyl groups excluding tert-OH is 1. The fraction of sp³-hybridized carbons (Fsp3) is 0.200. The van der Waals surface area contributed by atoms with Crippen molar-refractivity contribution in [3.8, 4) is 5.75 Å². The smallest absolute Gasteiger partial charge is 0.139 e. The highest BCUT2D eigenvalue weighted by atomic mass is 32.1. The third-order valence-corrected chi connectivity index (χ3v) is 4.34. The zero-order valence-corrected chi connectivity index (χ0v) is 12.5. The van der Waals surface area contributed by atoms with E-state index in [1.54, 1.807) is 17.0 Å². The van der Waals surface area contributed by atoms with E-state index in [-0.39, 0.29) is 23.9 Å². The number of phenols is 1. The van der Waals surface area contributed by atoms with Crippen molar-refractivity contribution in [2.75, 3.05) is 11.4 Å². The molecule has 0 atom stereocenters. The Kier molecular flexibility index (Phi) is 3.17. The lowest BCUT2D eigenvalue weighted by molar-refractivity contribution is 0.411. The fourth-order valence-corrected chi connectivity index (χ4v) is 3.20. The molecule has 1 aromatic heterocycles. The number of aromatic nitrogens is 1. The number of nitrogens with zero attached hydrogens (tertiary/aromatic N) is 2. The van der Waals surface area contributed by atoms with Crippen LogP contribution in [0.4, 0.5) is 5.69 Å². The molecule has 3 rings (SSSR count). The molecule has 0 fully saturated rings. The van der Waals surface area contributed by atoms with Gasteiger partial charge >= 0.3 is 0 Å². The van der Waals surface area contributed by atoms with Gasteiger partial charge in [0.15, 0.2) is 0 Å². The number of nitrogens with one attached hydrogen (secondary N) is 1. The first-order chi connectivity index (χ1) is 9.97. The molecule has 0 saturated heterocycles. The van der Waals surface area contributed by atoms with Crippen molar-refractivity contribution in [3.63, 3.8) is 0 Å². The second-order valence-corrected chi connectivity index (χ2v) is 5.90. The Labute approximate surface area is 126 Å². The van der Waals surface area contributed by atoms with Crippen molar-refractivity contribution in [1.82, 2.24) is 4.98 Å². The summed E-state index contributed by atoms with van der Waals surface area (Å²) in [4.78, 5) is 5.91. The van der Waals surface area contributed by atoms with Crippen LogP contribution < -0.4 is 4.90 Å². The maximum atomic E-state index is 10.2. The Balaban J connectivity index is 1.98. The van der Waals surface area contributed by atoms with E-state index >= 15 is 0 Å². The normalized spacial score (nSPS) is 15.1. The van der Waals surface area contributed by atoms with Gasteiger partial charge in [0, 0.05) is 11.1 Å². The van der Waals surface area contributed by atoms with E-state index in [9.17, 15) is 10.2 Å². The van der Waals surface area contributed by atoms with E-state index < -0.39 is 0 Å². The third kappa shape index (κ3) is 2.27. The Hall–Kier alpha value is -2.34. The Morgan fingerprint density at radius 2 is 2.05 bits per heavy atom. The number of hydrogen-bond acceptors (Lipinski definition) is 5. The summed E-state index contributed by atoms with van der Waals surface area (Å²) in [5.41, 5.74) is 2.75. The van der Waals surface area contributed by atoms with E-state index in [0.717, 1.165) is 11.3 Å². The number of benzene rings is 1. The van der Waals surface area contributed by atoms with Gasteiger partial charge in [-0.1, -0.05) is 6.07 Å². The number of amidine groups is 1. The molecule has 0 aliphatic carbocycles. The third-order valence-electron chi connectivity index (χ3n) is 3.36. The number of hydrogen-bond donors (Lipinski definition) is 3. The van der Waals surface area contributed by atoms with Crippen molar-refractivity contribution in [3.05, 3.63) is 45.6 Å². The van der Waals surface area contributed by atoms with E-state index in [1.807, 2.05) is 25.3 Å². The number of anilines is 1. The molecule has 1 aliphatic heterocycles. The minimum atomic E-state index is 0.101. The first kappa shape index (κ1) is 13.6. The van der Waals surface area contributed by atoms with E-state index in [1.165, 1.54) is 11.3 Å². The predicted octanol–water partition coefficient (Wildman–Crippen LogP) is 3.23. The summed E-state index contributed by atoms with van der Waals surface area (Å²) in [5, 5.41) is 31.1. The lowest BCUT2D eigenvalue weighted by Gasteiger charge is -2.20. The molecule has 0 bridgehead atoms. The van der Waals surface area contributed by atoms with Crippen LogP contribution in [0.5, 0.6) is 5.75 Å². The number of phenolic OH excluding ortho intramolecular Hbond substituents is 1. The molecule has 0 spiro atoms. The van der Waals surface area contributed by atoms with Crippen LogP contribution in [0.2, 0.25) is 0 Å². The summed E-state index contributed by atoms with van der Waals surface area (Å²) in [7, 11) is 0. The molecule has 1 aromatic carbocycles. The summed E-state index contributed by atoms with van der Waals surface area (Å²) in [6.45, 7) is 3.93. The van der Waals surface area contributed by atoms with Gasteiger partial charge in [0.25, 0.3) is 0 Å². The van der Waals surface area contributed by atoms with Gasteiger partial charge in [0.2, 0.25) is 0 Å². The second kappa shape index (κ2) is 4.89. The summed E-state index contributed by atoms with van der Waals surface area (Å²) >= 11 is 1.40. The topological polar surface area (TPSA) is 80.4 Å². The summed E-state index contributed by atoms with van der Waals surface area (Å²) in [5.74, 6) is 0.361. The molecule has 0 unspecified atom stereocenters. The van der Waals surface area contributed by atoms with E-state index in [2.05, 4.69) is 4.98 Å². The van der Waals surface area contributed by atoms with Gasteiger partial charge in [-0.3, -0.25) is 5.41 Å². The molecule has 0 saturated carbocycles. The van der Waals surface area contributed by atoms with Crippen molar-refractivity contribution >= 4 is 28.4 Å². The van der Waals surface area contributed by atoms with Crippen LogP contribution in [0.3, 0.4) is 0 Å². The highest BCUT2D eigenvalue weighted by Gasteiger charge is 2.32. The molecular weight excluding hydrogens is 286 g/mol. The van der Waals surface area contributed by atoms with Gasteiger partial charge in [0.05, 0.1) is 17.8 Å². The minimum Gasteiger partial charge on any atom is -0.510 e. The van der Waals surface area contributed by atoms with Crippen molar-refractivity contribution < 1.29 is 10.2 Å². The van der Waals surface area contributed by atoms with E-state index in [4.69, 9.17) is 5.41 Å². The van der Waals surface area contributed by atoms with Gasteiger partial charge in [0.1, 0.15) is 22.4 Å². The lowest BCUT2D eigenvalue weighted by atomic mass is 10.2. The van der Waals surface area contributed by atoms with Gasteiger partial charge < -0.3 is 15.1 Å². The van der Waals surface area contributed by atoms with Crippen LogP contribution in [-0.4, -0.2) is 27.6 Å². The monoisotopic (exact) mass is 301 g/mol. The van der Waals surface area contributed by atoms with Crippen LogP contribution in [0.25, 0.3) is 5.57 Å². The average molecular weight is 301 g/mol. The second-order valence-electron chi connectivity index (χ2n) is 5.04. The average Bonchev–Trinajstić information content (AvgIpc) is 2.94. The van der Waals surface area contributed by atoms with E-state index in [0.29, 0.717) is 16.3 Å². The van der Waals surface area contributed by atoms with Crippen LogP contribution in [-0.2, 0) is 0 Å². The zero-order valence-electron chi connectivity index (χ0n) is 11.7. The SMILES string of the molecule is Cc1ccc(N2CC(O)=C(c3nc(C)cs3)C2=N)c(O)c1. The quantitative estimate of drug-likeness (QED) is 0.795. The standard InChI is InChI=1S/C15H15N3O2S/c1-8-3-4-10(11(19)5-8)18-6-12(20)13(14(18)16)15-17-9(2)7-21-15/h3-5,7,16,19-20H,6H2,1-2H3. The molecule has 3 N–H and O–H groups in total. The maximum absolute atomic E-state index is 10.2. The zero-order chi connectivity index (χ0) is 15.1. The van der Waals surface area contributed by atoms with Gasteiger partial charge in [-0.15, -0.1) is 11.3 Å². The highest BCUT2D eigenvalue weighted by Crippen LogP contribution is 2.36. The van der Waals surface area contributed by atoms with Gasteiger partial charge in [-0.25, -0.2) is 4.98 Å². The minimum absolute atomic E-state index is 0.101. The summed E-state index contributed by atoms with van der Waals surface area (Å²) < 4.78 is 0. The first-order valence-electron chi connectivity index (χ1n) is 6.48. The van der Waals surface area contributed by atoms with Crippen LogP contribution in [0.15, 0.2) is 29.3 Å². The fourth-order valence-electron chi connectivity index (χ4n) is 2.34. The van der Waals surface area contributed by atoms with Crippen LogP contribution >= 0.6 is 11.3 Å². The molecule has 1 aliphatic rings. The Bertz CT molecular complexity index is 764.